The monoisotopic (exact) mass is 324 g/mol. The van der Waals surface area contributed by atoms with Crippen molar-refractivity contribution in [3.05, 3.63) is 71.3 Å². The van der Waals surface area contributed by atoms with Gasteiger partial charge in [0.2, 0.25) is 0 Å². The van der Waals surface area contributed by atoms with E-state index in [0.29, 0.717) is 12.1 Å². The molecule has 1 aliphatic heterocycles. The lowest BCUT2D eigenvalue weighted by Gasteiger charge is -2.23. The average molecular weight is 324 g/mol. The Balaban J connectivity index is 1.65. The number of hydrogen-bond acceptors (Lipinski definition) is 4. The molecule has 1 atom stereocenters. The maximum Gasteiger partial charge on any atom is 0.411 e. The number of thioether (sulfide) groups is 1. The van der Waals surface area contributed by atoms with Crippen LogP contribution in [-0.2, 0) is 11.3 Å². The molecule has 0 aliphatic carbocycles. The van der Waals surface area contributed by atoms with Crippen LogP contribution in [-0.4, -0.2) is 23.3 Å². The van der Waals surface area contributed by atoms with E-state index in [-0.39, 0.29) is 18.1 Å². The van der Waals surface area contributed by atoms with Gasteiger partial charge in [-0.3, -0.25) is 4.90 Å². The molecule has 0 N–H and O–H groups in total. The molecule has 0 saturated carbocycles. The summed E-state index contributed by atoms with van der Waals surface area (Å²) < 4.78 is 5.43. The number of rotatable bonds is 3. The zero-order valence-corrected chi connectivity index (χ0v) is 13.3. The lowest BCUT2D eigenvalue weighted by molar-refractivity contribution is 0.0973. The van der Waals surface area contributed by atoms with E-state index in [0.717, 1.165) is 16.9 Å². The predicted molar refractivity (Wildman–Crippen MR) is 89.7 cm³/mol. The number of ether oxygens (including phenoxy) is 1. The van der Waals surface area contributed by atoms with Crippen LogP contribution in [0.4, 0.5) is 4.79 Å². The number of carbonyl (C=O) groups excluding carboxylic acids is 1. The molecule has 23 heavy (non-hydrogen) atoms. The Labute approximate surface area is 139 Å². The molecule has 1 amide bonds. The number of benzene rings is 2. The van der Waals surface area contributed by atoms with Gasteiger partial charge in [0.15, 0.2) is 0 Å². The van der Waals surface area contributed by atoms with Crippen LogP contribution in [0.15, 0.2) is 54.6 Å². The van der Waals surface area contributed by atoms with Gasteiger partial charge in [0.1, 0.15) is 12.0 Å². The highest BCUT2D eigenvalue weighted by atomic mass is 32.2. The van der Waals surface area contributed by atoms with Crippen molar-refractivity contribution in [3.8, 4) is 6.07 Å². The molecule has 4 nitrogen and oxygen atoms in total. The molecule has 1 heterocycles. The first-order chi connectivity index (χ1) is 11.3. The minimum atomic E-state index is -0.298. The fourth-order valence-electron chi connectivity index (χ4n) is 2.46. The van der Waals surface area contributed by atoms with E-state index in [1.54, 1.807) is 28.8 Å². The standard InChI is InChI=1S/C18H16N2O2S/c19-12-14-6-8-16(9-7-14)17-20(10-11-23-17)18(21)22-13-15-4-2-1-3-5-15/h1-9,17H,10-11,13H2. The number of carbonyl (C=O) groups is 1. The molecule has 0 radical (unpaired) electrons. The van der Waals surface area contributed by atoms with Crippen LogP contribution < -0.4 is 0 Å². The quantitative estimate of drug-likeness (QED) is 0.858. The van der Waals surface area contributed by atoms with Crippen LogP contribution in [0.1, 0.15) is 22.1 Å². The van der Waals surface area contributed by atoms with Gasteiger partial charge in [0.05, 0.1) is 11.6 Å². The summed E-state index contributed by atoms with van der Waals surface area (Å²) in [7, 11) is 0. The fourth-order valence-corrected chi connectivity index (χ4v) is 3.70. The summed E-state index contributed by atoms with van der Waals surface area (Å²) in [5, 5.41) is 8.82. The Morgan fingerprint density at radius 1 is 1.22 bits per heavy atom. The van der Waals surface area contributed by atoms with Crippen molar-refractivity contribution in [2.24, 2.45) is 0 Å². The highest BCUT2D eigenvalue weighted by Gasteiger charge is 2.31. The van der Waals surface area contributed by atoms with Gasteiger partial charge in [-0.1, -0.05) is 42.5 Å². The third-order valence-corrected chi connectivity index (χ3v) is 4.92. The molecule has 0 aromatic heterocycles. The van der Waals surface area contributed by atoms with Crippen molar-refractivity contribution in [1.82, 2.24) is 4.90 Å². The van der Waals surface area contributed by atoms with E-state index < -0.39 is 0 Å². The van der Waals surface area contributed by atoms with Gasteiger partial charge in [0.25, 0.3) is 0 Å². The molecule has 2 aromatic carbocycles. The number of hydrogen-bond donors (Lipinski definition) is 0. The van der Waals surface area contributed by atoms with E-state index in [2.05, 4.69) is 6.07 Å². The van der Waals surface area contributed by atoms with E-state index in [1.165, 1.54) is 0 Å². The second-order valence-corrected chi connectivity index (χ2v) is 6.38. The molecule has 1 unspecified atom stereocenters. The SMILES string of the molecule is N#Cc1ccc(C2SCCN2C(=O)OCc2ccccc2)cc1. The first-order valence-corrected chi connectivity index (χ1v) is 8.42. The molecular weight excluding hydrogens is 308 g/mol. The summed E-state index contributed by atoms with van der Waals surface area (Å²) in [6.07, 6.45) is -0.298. The summed E-state index contributed by atoms with van der Waals surface area (Å²) >= 11 is 1.71. The van der Waals surface area contributed by atoms with Gasteiger partial charge in [-0.05, 0) is 23.3 Å². The highest BCUT2D eigenvalue weighted by Crippen LogP contribution is 2.38. The van der Waals surface area contributed by atoms with E-state index in [1.807, 2.05) is 42.5 Å². The molecular formula is C18H16N2O2S. The highest BCUT2D eigenvalue weighted by molar-refractivity contribution is 7.99. The molecule has 116 valence electrons. The summed E-state index contributed by atoms with van der Waals surface area (Å²) in [4.78, 5) is 14.1. The summed E-state index contributed by atoms with van der Waals surface area (Å²) in [6, 6.07) is 19.1. The summed E-state index contributed by atoms with van der Waals surface area (Å²) in [5.41, 5.74) is 2.61. The normalized spacial score (nSPS) is 16.8. The first-order valence-electron chi connectivity index (χ1n) is 7.37. The van der Waals surface area contributed by atoms with Crippen molar-refractivity contribution >= 4 is 17.9 Å². The molecule has 0 bridgehead atoms. The van der Waals surface area contributed by atoms with Gasteiger partial charge < -0.3 is 4.74 Å². The van der Waals surface area contributed by atoms with Crippen molar-refractivity contribution in [2.75, 3.05) is 12.3 Å². The molecule has 3 rings (SSSR count). The Kier molecular flexibility index (Phi) is 4.84. The molecule has 1 fully saturated rings. The third kappa shape index (κ3) is 3.66. The maximum atomic E-state index is 12.4. The minimum absolute atomic E-state index is 0.0500. The van der Waals surface area contributed by atoms with Crippen molar-refractivity contribution in [3.63, 3.8) is 0 Å². The lowest BCUT2D eigenvalue weighted by atomic mass is 10.1. The van der Waals surface area contributed by atoms with Crippen LogP contribution in [0.5, 0.6) is 0 Å². The molecule has 2 aromatic rings. The van der Waals surface area contributed by atoms with Gasteiger partial charge in [0, 0.05) is 12.3 Å². The van der Waals surface area contributed by atoms with Gasteiger partial charge >= 0.3 is 6.09 Å². The largest absolute Gasteiger partial charge is 0.445 e. The third-order valence-electron chi connectivity index (χ3n) is 3.66. The first kappa shape index (κ1) is 15.4. The zero-order chi connectivity index (χ0) is 16.1. The second kappa shape index (κ2) is 7.21. The predicted octanol–water partition coefficient (Wildman–Crippen LogP) is 3.94. The van der Waals surface area contributed by atoms with Crippen molar-refractivity contribution in [1.29, 1.82) is 5.26 Å². The Hall–Kier alpha value is -2.45. The smallest absolute Gasteiger partial charge is 0.411 e. The lowest BCUT2D eigenvalue weighted by Crippen LogP contribution is -2.30. The Morgan fingerprint density at radius 3 is 2.65 bits per heavy atom. The zero-order valence-electron chi connectivity index (χ0n) is 12.5. The average Bonchev–Trinajstić information content (AvgIpc) is 3.10. The summed E-state index contributed by atoms with van der Waals surface area (Å²) in [6.45, 7) is 0.948. The molecule has 5 heteroatoms. The fraction of sp³-hybridized carbons (Fsp3) is 0.222. The van der Waals surface area contributed by atoms with Crippen LogP contribution in [0, 0.1) is 11.3 Å². The van der Waals surface area contributed by atoms with Crippen LogP contribution in [0.25, 0.3) is 0 Å². The van der Waals surface area contributed by atoms with Gasteiger partial charge in [-0.15, -0.1) is 11.8 Å². The Bertz CT molecular complexity index is 710. The Morgan fingerprint density at radius 2 is 1.96 bits per heavy atom. The van der Waals surface area contributed by atoms with Crippen LogP contribution >= 0.6 is 11.8 Å². The van der Waals surface area contributed by atoms with Crippen LogP contribution in [0.3, 0.4) is 0 Å². The van der Waals surface area contributed by atoms with Crippen LogP contribution in [0.2, 0.25) is 0 Å². The van der Waals surface area contributed by atoms with Crippen molar-refractivity contribution in [2.45, 2.75) is 12.0 Å². The molecule has 1 aliphatic rings. The molecule has 0 spiro atoms. The second-order valence-electron chi connectivity index (χ2n) is 5.19. The molecule has 1 saturated heterocycles. The van der Waals surface area contributed by atoms with Gasteiger partial charge in [-0.25, -0.2) is 4.79 Å². The van der Waals surface area contributed by atoms with E-state index >= 15 is 0 Å². The minimum Gasteiger partial charge on any atom is -0.445 e. The maximum absolute atomic E-state index is 12.4. The summed E-state index contributed by atoms with van der Waals surface area (Å²) in [5.74, 6) is 0.880. The van der Waals surface area contributed by atoms with Crippen molar-refractivity contribution < 1.29 is 9.53 Å². The number of nitriles is 1. The van der Waals surface area contributed by atoms with Gasteiger partial charge in [-0.2, -0.15) is 5.26 Å². The topological polar surface area (TPSA) is 53.3 Å². The number of amides is 1. The number of nitrogens with zero attached hydrogens (tertiary/aromatic N) is 2. The van der Waals surface area contributed by atoms with E-state index in [9.17, 15) is 4.79 Å². The van der Waals surface area contributed by atoms with E-state index in [4.69, 9.17) is 10.00 Å².